The minimum Gasteiger partial charge on any atom is -0.448 e. The lowest BCUT2D eigenvalue weighted by Gasteiger charge is -2.18. The largest absolute Gasteiger partial charge is 0.448 e. The molecule has 192 valence electrons. The number of ether oxygens (including phenoxy) is 1. The Morgan fingerprint density at radius 3 is 2.32 bits per heavy atom. The normalized spacial score (nSPS) is 15.2. The number of halogens is 1. The van der Waals surface area contributed by atoms with Crippen LogP contribution in [0.1, 0.15) is 68.7 Å². The average Bonchev–Trinajstić information content (AvgIpc) is 3.46. The van der Waals surface area contributed by atoms with Crippen LogP contribution in [0.3, 0.4) is 0 Å². The zero-order valence-corrected chi connectivity index (χ0v) is 21.3. The first-order valence-electron chi connectivity index (χ1n) is 11.6. The Bertz CT molecular complexity index is 1400. The van der Waals surface area contributed by atoms with E-state index in [1.165, 1.54) is 0 Å². The molecule has 0 saturated heterocycles. The van der Waals surface area contributed by atoms with Crippen LogP contribution in [0.4, 0.5) is 10.6 Å². The van der Waals surface area contributed by atoms with Crippen molar-refractivity contribution >= 4 is 42.0 Å². The fourth-order valence-electron chi connectivity index (χ4n) is 4.57. The Morgan fingerprint density at radius 2 is 1.68 bits per heavy atom. The number of rotatable bonds is 5. The van der Waals surface area contributed by atoms with E-state index >= 15 is 0 Å². The van der Waals surface area contributed by atoms with Gasteiger partial charge < -0.3 is 15.4 Å². The third-order valence-corrected chi connectivity index (χ3v) is 6.42. The number of carbonyl (C=O) groups excluding carboxylic acids is 4. The molecular weight excluding hydrogens is 498 g/mol. The van der Waals surface area contributed by atoms with Crippen molar-refractivity contribution in [3.63, 3.8) is 0 Å². The van der Waals surface area contributed by atoms with Crippen LogP contribution in [0, 0.1) is 0 Å². The van der Waals surface area contributed by atoms with Crippen molar-refractivity contribution in [1.82, 2.24) is 20.0 Å². The minimum absolute atomic E-state index is 0. The smallest absolute Gasteiger partial charge is 0.436 e. The van der Waals surface area contributed by atoms with E-state index in [-0.39, 0.29) is 36.9 Å². The molecule has 0 aliphatic carbocycles. The molecule has 10 nitrogen and oxygen atoms in total. The topological polar surface area (TPSA) is 123 Å². The summed E-state index contributed by atoms with van der Waals surface area (Å²) in [6.07, 6.45) is -0.697. The fourth-order valence-corrected chi connectivity index (χ4v) is 4.57. The number of carbonyl (C=O) groups is 4. The maximum absolute atomic E-state index is 13.5. The molecule has 0 bridgehead atoms. The van der Waals surface area contributed by atoms with Crippen molar-refractivity contribution in [3.05, 3.63) is 82.0 Å². The number of imide groups is 1. The van der Waals surface area contributed by atoms with Gasteiger partial charge in [-0.05, 0) is 44.5 Å². The van der Waals surface area contributed by atoms with Crippen LogP contribution in [0.15, 0.2) is 48.5 Å². The summed E-state index contributed by atoms with van der Waals surface area (Å²) in [5, 5.41) is 10.6. The highest BCUT2D eigenvalue weighted by Crippen LogP contribution is 2.35. The Labute approximate surface area is 219 Å². The van der Waals surface area contributed by atoms with Crippen LogP contribution in [-0.4, -0.2) is 45.1 Å². The van der Waals surface area contributed by atoms with Gasteiger partial charge in [0, 0.05) is 17.7 Å². The highest BCUT2D eigenvalue weighted by Gasteiger charge is 2.38. The molecule has 2 aliphatic rings. The predicted octanol–water partition coefficient (Wildman–Crippen LogP) is 3.70. The van der Waals surface area contributed by atoms with Crippen LogP contribution < -0.4 is 10.6 Å². The monoisotopic (exact) mass is 523 g/mol. The Morgan fingerprint density at radius 1 is 1.05 bits per heavy atom. The molecule has 37 heavy (non-hydrogen) atoms. The van der Waals surface area contributed by atoms with E-state index in [2.05, 4.69) is 15.7 Å². The van der Waals surface area contributed by atoms with Gasteiger partial charge in [-0.1, -0.05) is 30.3 Å². The Kier molecular flexibility index (Phi) is 6.90. The summed E-state index contributed by atoms with van der Waals surface area (Å²) in [7, 11) is 0. The standard InChI is InChI=1S/C26H25N5O5.ClH/c1-4-36-25(35)31-21(19-13-27-26(2,3)20(19)29-31)28-22(32)16-10-6-5-9-15(16)14-30-23(33)17-11-7-8-12-18(17)24(30)34;/h5-12,27H,4,13-14H2,1-3H3,(H,28,32);1H. The lowest BCUT2D eigenvalue weighted by atomic mass is 10.0. The van der Waals surface area contributed by atoms with Gasteiger partial charge in [-0.3, -0.25) is 19.3 Å². The molecule has 0 fully saturated rings. The highest BCUT2D eigenvalue weighted by atomic mass is 35.5. The number of nitrogens with zero attached hydrogens (tertiary/aromatic N) is 3. The number of anilines is 1. The third-order valence-electron chi connectivity index (χ3n) is 6.42. The number of benzene rings is 2. The average molecular weight is 524 g/mol. The quantitative estimate of drug-likeness (QED) is 0.489. The molecule has 3 amide bonds. The van der Waals surface area contributed by atoms with Crippen LogP contribution >= 0.6 is 12.4 Å². The van der Waals surface area contributed by atoms with Crippen LogP contribution in [0.5, 0.6) is 0 Å². The molecule has 5 rings (SSSR count). The van der Waals surface area contributed by atoms with Crippen molar-refractivity contribution in [2.75, 3.05) is 11.9 Å². The van der Waals surface area contributed by atoms with Crippen molar-refractivity contribution in [2.24, 2.45) is 0 Å². The van der Waals surface area contributed by atoms with Gasteiger partial charge in [-0.25, -0.2) is 4.79 Å². The van der Waals surface area contributed by atoms with Gasteiger partial charge >= 0.3 is 6.09 Å². The summed E-state index contributed by atoms with van der Waals surface area (Å²) < 4.78 is 6.21. The Hall–Kier alpha value is -4.02. The maximum Gasteiger partial charge on any atom is 0.436 e. The summed E-state index contributed by atoms with van der Waals surface area (Å²) in [4.78, 5) is 52.9. The molecule has 2 aromatic carbocycles. The molecule has 0 radical (unpaired) electrons. The van der Waals surface area contributed by atoms with E-state index in [1.54, 1.807) is 55.5 Å². The second-order valence-corrected chi connectivity index (χ2v) is 9.12. The fraction of sp³-hybridized carbons (Fsp3) is 0.269. The Balaban J connectivity index is 0.00000320. The van der Waals surface area contributed by atoms with E-state index in [1.807, 2.05) is 13.8 Å². The first kappa shape index (κ1) is 26.1. The second kappa shape index (κ2) is 9.79. The van der Waals surface area contributed by atoms with E-state index in [0.717, 1.165) is 9.58 Å². The van der Waals surface area contributed by atoms with Crippen molar-refractivity contribution in [1.29, 1.82) is 0 Å². The summed E-state index contributed by atoms with van der Waals surface area (Å²) in [6, 6.07) is 13.4. The minimum atomic E-state index is -0.697. The maximum atomic E-state index is 13.5. The van der Waals surface area contributed by atoms with Gasteiger partial charge in [0.2, 0.25) is 0 Å². The van der Waals surface area contributed by atoms with E-state index in [9.17, 15) is 19.2 Å². The van der Waals surface area contributed by atoms with Crippen LogP contribution in [0.25, 0.3) is 0 Å². The van der Waals surface area contributed by atoms with Gasteiger partial charge in [-0.15, -0.1) is 17.1 Å². The molecule has 3 heterocycles. The summed E-state index contributed by atoms with van der Waals surface area (Å²) >= 11 is 0. The molecule has 2 aliphatic heterocycles. The molecule has 11 heteroatoms. The van der Waals surface area contributed by atoms with Gasteiger partial charge in [0.1, 0.15) is 5.82 Å². The van der Waals surface area contributed by atoms with E-state index in [4.69, 9.17) is 4.74 Å². The predicted molar refractivity (Wildman–Crippen MR) is 137 cm³/mol. The van der Waals surface area contributed by atoms with Gasteiger partial charge in [0.25, 0.3) is 17.7 Å². The zero-order valence-electron chi connectivity index (χ0n) is 20.5. The molecule has 0 unspecified atom stereocenters. The first-order chi connectivity index (χ1) is 17.2. The number of nitrogens with one attached hydrogen (secondary N) is 2. The van der Waals surface area contributed by atoms with Crippen LogP contribution in [-0.2, 0) is 23.4 Å². The van der Waals surface area contributed by atoms with Gasteiger partial charge in [0.15, 0.2) is 0 Å². The lowest BCUT2D eigenvalue weighted by molar-refractivity contribution is 0.0640. The molecule has 0 saturated carbocycles. The number of hydrogen-bond donors (Lipinski definition) is 2. The molecule has 3 aromatic rings. The number of hydrogen-bond acceptors (Lipinski definition) is 7. The number of amides is 3. The number of aromatic nitrogens is 2. The molecule has 0 spiro atoms. The summed E-state index contributed by atoms with van der Waals surface area (Å²) in [5.41, 5.74) is 2.29. The van der Waals surface area contributed by atoms with Gasteiger partial charge in [-0.2, -0.15) is 5.10 Å². The van der Waals surface area contributed by atoms with Crippen molar-refractivity contribution in [3.8, 4) is 0 Å². The van der Waals surface area contributed by atoms with Gasteiger partial charge in [0.05, 0.1) is 35.5 Å². The molecule has 1 aromatic heterocycles. The van der Waals surface area contributed by atoms with Crippen molar-refractivity contribution in [2.45, 2.75) is 39.4 Å². The third kappa shape index (κ3) is 4.38. The molecule has 0 atom stereocenters. The first-order valence-corrected chi connectivity index (χ1v) is 11.6. The highest BCUT2D eigenvalue weighted by molar-refractivity contribution is 6.21. The summed E-state index contributed by atoms with van der Waals surface area (Å²) in [6.45, 7) is 6.05. The SMILES string of the molecule is CCOC(=O)n1nc2c(c1NC(=O)c1ccccc1CN1C(=O)c3ccccc3C1=O)CNC2(C)C.Cl. The van der Waals surface area contributed by atoms with Crippen LogP contribution in [0.2, 0.25) is 0 Å². The van der Waals surface area contributed by atoms with E-state index in [0.29, 0.717) is 34.5 Å². The van der Waals surface area contributed by atoms with Crippen molar-refractivity contribution < 1.29 is 23.9 Å². The lowest BCUT2D eigenvalue weighted by Crippen LogP contribution is -2.31. The molecule has 2 N–H and O–H groups in total. The zero-order chi connectivity index (χ0) is 25.6. The molecular formula is C26H26ClN5O5. The second-order valence-electron chi connectivity index (χ2n) is 9.12. The van der Waals surface area contributed by atoms with E-state index < -0.39 is 29.4 Å². The number of fused-ring (bicyclic) bond motifs is 2. The summed E-state index contributed by atoms with van der Waals surface area (Å²) in [5.74, 6) is -1.09.